The van der Waals surface area contributed by atoms with Gasteiger partial charge in [0.05, 0.1) is 6.26 Å². The second-order valence-corrected chi connectivity index (χ2v) is 6.20. The van der Waals surface area contributed by atoms with E-state index in [0.29, 0.717) is 30.4 Å². The van der Waals surface area contributed by atoms with Crippen LogP contribution in [0, 0.1) is 0 Å². The van der Waals surface area contributed by atoms with Crippen molar-refractivity contribution in [2.24, 2.45) is 0 Å². The van der Waals surface area contributed by atoms with Crippen LogP contribution in [-0.4, -0.2) is 41.9 Å². The molecule has 4 rings (SSSR count). The molecule has 3 heterocycles. The Morgan fingerprint density at radius 3 is 2.40 bits per heavy atom. The fourth-order valence-electron chi connectivity index (χ4n) is 3.11. The number of hydrogen-bond acceptors (Lipinski definition) is 4. The van der Waals surface area contributed by atoms with Gasteiger partial charge in [0.2, 0.25) is 0 Å². The molecule has 0 aliphatic carbocycles. The van der Waals surface area contributed by atoms with Crippen LogP contribution in [0.2, 0.25) is 0 Å². The third-order valence-corrected chi connectivity index (χ3v) is 4.49. The molecular weight excluding hydrogens is 316 g/mol. The Morgan fingerprint density at radius 1 is 0.880 bits per heavy atom. The molecular formula is C20H20N2O3. The summed E-state index contributed by atoms with van der Waals surface area (Å²) in [7, 11) is 0. The molecule has 3 aromatic rings. The van der Waals surface area contributed by atoms with Gasteiger partial charge >= 0.3 is 0 Å². The van der Waals surface area contributed by atoms with E-state index in [2.05, 4.69) is 29.2 Å². The summed E-state index contributed by atoms with van der Waals surface area (Å²) < 4.78 is 11.0. The second kappa shape index (κ2) is 6.99. The van der Waals surface area contributed by atoms with Crippen LogP contribution in [0.4, 0.5) is 0 Å². The van der Waals surface area contributed by atoms with Crippen molar-refractivity contribution >= 4 is 5.91 Å². The molecule has 128 valence electrons. The maximum absolute atomic E-state index is 12.6. The van der Waals surface area contributed by atoms with Crippen molar-refractivity contribution in [2.75, 3.05) is 26.2 Å². The summed E-state index contributed by atoms with van der Waals surface area (Å²) >= 11 is 0. The van der Waals surface area contributed by atoms with Crippen LogP contribution < -0.4 is 0 Å². The zero-order chi connectivity index (χ0) is 17.1. The molecule has 5 heteroatoms. The van der Waals surface area contributed by atoms with Crippen LogP contribution in [-0.2, 0) is 6.54 Å². The highest BCUT2D eigenvalue weighted by Crippen LogP contribution is 2.23. The lowest BCUT2D eigenvalue weighted by molar-refractivity contribution is 0.0598. The van der Waals surface area contributed by atoms with Crippen molar-refractivity contribution in [1.82, 2.24) is 9.80 Å². The zero-order valence-electron chi connectivity index (χ0n) is 13.9. The lowest BCUT2D eigenvalue weighted by Gasteiger charge is -2.34. The van der Waals surface area contributed by atoms with Crippen LogP contribution >= 0.6 is 0 Å². The second-order valence-electron chi connectivity index (χ2n) is 6.20. The third-order valence-electron chi connectivity index (χ3n) is 4.49. The van der Waals surface area contributed by atoms with Gasteiger partial charge in [0.1, 0.15) is 0 Å². The number of amides is 1. The molecule has 0 radical (unpaired) electrons. The highest BCUT2D eigenvalue weighted by atomic mass is 16.4. The van der Waals surface area contributed by atoms with Gasteiger partial charge < -0.3 is 13.7 Å². The summed E-state index contributed by atoms with van der Waals surface area (Å²) in [4.78, 5) is 16.9. The first-order chi connectivity index (χ1) is 12.3. The minimum Gasteiger partial charge on any atom is -0.461 e. The number of rotatable bonds is 4. The Hall–Kier alpha value is -2.79. The number of carbonyl (C=O) groups excluding carboxylic acids is 1. The summed E-state index contributed by atoms with van der Waals surface area (Å²) in [5.74, 6) is 1.52. The van der Waals surface area contributed by atoms with Crippen molar-refractivity contribution < 1.29 is 13.6 Å². The van der Waals surface area contributed by atoms with Gasteiger partial charge in [0.25, 0.3) is 5.91 Å². The minimum absolute atomic E-state index is 0.0582. The summed E-state index contributed by atoms with van der Waals surface area (Å²) in [5.41, 5.74) is 1.30. The summed E-state index contributed by atoms with van der Waals surface area (Å²) in [6, 6.07) is 17.5. The van der Waals surface area contributed by atoms with Crippen molar-refractivity contribution in [2.45, 2.75) is 6.54 Å². The largest absolute Gasteiger partial charge is 0.461 e. The fourth-order valence-corrected chi connectivity index (χ4v) is 3.11. The lowest BCUT2D eigenvalue weighted by Crippen LogP contribution is -2.48. The molecule has 2 aromatic heterocycles. The van der Waals surface area contributed by atoms with E-state index in [1.54, 1.807) is 24.5 Å². The first-order valence-corrected chi connectivity index (χ1v) is 8.49. The number of piperazine rings is 1. The van der Waals surface area contributed by atoms with Gasteiger partial charge in [-0.3, -0.25) is 9.69 Å². The molecule has 0 unspecified atom stereocenters. The number of furan rings is 2. The lowest BCUT2D eigenvalue weighted by atomic mass is 10.2. The molecule has 1 saturated heterocycles. The summed E-state index contributed by atoms with van der Waals surface area (Å²) in [6.45, 7) is 4.08. The van der Waals surface area contributed by atoms with Crippen LogP contribution in [0.3, 0.4) is 0 Å². The molecule has 5 nitrogen and oxygen atoms in total. The minimum atomic E-state index is -0.0582. The topological polar surface area (TPSA) is 49.8 Å². The molecule has 25 heavy (non-hydrogen) atoms. The summed E-state index contributed by atoms with van der Waals surface area (Å²) in [6.07, 6.45) is 1.59. The Kier molecular flexibility index (Phi) is 4.39. The SMILES string of the molecule is O=C(c1ccc(-c2ccco2)o1)N1CCN(Cc2ccccc2)CC1. The van der Waals surface area contributed by atoms with E-state index in [0.717, 1.165) is 19.6 Å². The molecule has 0 saturated carbocycles. The fraction of sp³-hybridized carbons (Fsp3) is 0.250. The van der Waals surface area contributed by atoms with Crippen molar-refractivity contribution in [1.29, 1.82) is 0 Å². The van der Waals surface area contributed by atoms with Crippen LogP contribution in [0.1, 0.15) is 16.1 Å². The first-order valence-electron chi connectivity index (χ1n) is 8.49. The third kappa shape index (κ3) is 3.51. The van der Waals surface area contributed by atoms with Crippen molar-refractivity contribution in [3.63, 3.8) is 0 Å². The zero-order valence-corrected chi connectivity index (χ0v) is 13.9. The molecule has 1 aliphatic rings. The Balaban J connectivity index is 1.35. The molecule has 0 atom stereocenters. The smallest absolute Gasteiger partial charge is 0.289 e. The molecule has 1 aliphatic heterocycles. The van der Waals surface area contributed by atoms with E-state index in [1.807, 2.05) is 17.0 Å². The quantitative estimate of drug-likeness (QED) is 0.732. The van der Waals surface area contributed by atoms with Crippen molar-refractivity contribution in [3.8, 4) is 11.5 Å². The average molecular weight is 336 g/mol. The van der Waals surface area contributed by atoms with Gasteiger partial charge in [-0.25, -0.2) is 0 Å². The molecule has 0 bridgehead atoms. The molecule has 1 aromatic carbocycles. The predicted molar refractivity (Wildman–Crippen MR) is 94.0 cm³/mol. The van der Waals surface area contributed by atoms with E-state index >= 15 is 0 Å². The van der Waals surface area contributed by atoms with E-state index in [-0.39, 0.29) is 5.91 Å². The van der Waals surface area contributed by atoms with Gasteiger partial charge in [0, 0.05) is 32.7 Å². The van der Waals surface area contributed by atoms with Crippen LogP contribution in [0.25, 0.3) is 11.5 Å². The van der Waals surface area contributed by atoms with Gasteiger partial charge in [-0.05, 0) is 29.8 Å². The van der Waals surface area contributed by atoms with Crippen LogP contribution in [0.5, 0.6) is 0 Å². The first kappa shape index (κ1) is 15.7. The highest BCUT2D eigenvalue weighted by Gasteiger charge is 2.24. The highest BCUT2D eigenvalue weighted by molar-refractivity contribution is 5.92. The van der Waals surface area contributed by atoms with E-state index in [1.165, 1.54) is 5.56 Å². The monoisotopic (exact) mass is 336 g/mol. The Bertz CT molecular complexity index is 816. The summed E-state index contributed by atoms with van der Waals surface area (Å²) in [5, 5.41) is 0. The van der Waals surface area contributed by atoms with E-state index < -0.39 is 0 Å². The standard InChI is InChI=1S/C20H20N2O3/c23-20(19-9-8-18(25-19)17-7-4-14-24-17)22-12-10-21(11-13-22)15-16-5-2-1-3-6-16/h1-9,14H,10-13,15H2. The maximum Gasteiger partial charge on any atom is 0.289 e. The Morgan fingerprint density at radius 2 is 1.68 bits per heavy atom. The average Bonchev–Trinajstić information content (AvgIpc) is 3.34. The number of carbonyl (C=O) groups is 1. The van der Waals surface area contributed by atoms with Gasteiger partial charge in [-0.2, -0.15) is 0 Å². The number of hydrogen-bond donors (Lipinski definition) is 0. The maximum atomic E-state index is 12.6. The molecule has 0 N–H and O–H groups in total. The Labute approximate surface area is 146 Å². The normalized spacial score (nSPS) is 15.4. The number of benzene rings is 1. The van der Waals surface area contributed by atoms with Crippen LogP contribution in [0.15, 0.2) is 69.7 Å². The molecule has 0 spiro atoms. The van der Waals surface area contributed by atoms with E-state index in [4.69, 9.17) is 8.83 Å². The van der Waals surface area contributed by atoms with E-state index in [9.17, 15) is 4.79 Å². The van der Waals surface area contributed by atoms with Gasteiger partial charge in [0.15, 0.2) is 17.3 Å². The number of nitrogens with zero attached hydrogens (tertiary/aromatic N) is 2. The van der Waals surface area contributed by atoms with Gasteiger partial charge in [-0.1, -0.05) is 30.3 Å². The van der Waals surface area contributed by atoms with Gasteiger partial charge in [-0.15, -0.1) is 0 Å². The predicted octanol–water partition coefficient (Wildman–Crippen LogP) is 3.50. The molecule has 1 amide bonds. The molecule has 1 fully saturated rings. The van der Waals surface area contributed by atoms with Crippen molar-refractivity contribution in [3.05, 3.63) is 72.2 Å².